The lowest BCUT2D eigenvalue weighted by Crippen LogP contribution is -2.00. The molecule has 2 nitrogen and oxygen atoms in total. The first-order chi connectivity index (χ1) is 4.75. The molecule has 0 unspecified atom stereocenters. The first kappa shape index (κ1) is 7.75. The Balaban J connectivity index is 2.93. The highest BCUT2D eigenvalue weighted by Crippen LogP contribution is 2.07. The molecule has 0 aliphatic heterocycles. The maximum atomic E-state index is 5.04. The maximum absolute atomic E-state index is 5.04. The summed E-state index contributed by atoms with van der Waals surface area (Å²) in [6.07, 6.45) is 5.59. The van der Waals surface area contributed by atoms with Gasteiger partial charge in [-0.15, -0.1) is 11.8 Å². The fourth-order valence-corrected chi connectivity index (χ4v) is 1.23. The number of thiocarbonyl (C=S) groups is 1. The second kappa shape index (κ2) is 3.16. The fraction of sp³-hybridized carbons (Fsp3) is 0.333. The molecule has 0 aromatic carbocycles. The smallest absolute Gasteiger partial charge is 0.157 e. The molecule has 1 rings (SSSR count). The molecule has 4 heteroatoms. The minimum Gasteiger partial charge on any atom is -0.333 e. The predicted octanol–water partition coefficient (Wildman–Crippen LogP) is 1.46. The van der Waals surface area contributed by atoms with E-state index < -0.39 is 0 Å². The Bertz CT molecular complexity index is 242. The van der Waals surface area contributed by atoms with Gasteiger partial charge in [-0.1, -0.05) is 12.2 Å². The summed E-state index contributed by atoms with van der Waals surface area (Å²) in [5, 5.41) is 0. The molecule has 0 aliphatic rings. The average Bonchev–Trinajstić information content (AvgIpc) is 2.34. The average molecular weight is 172 g/mol. The van der Waals surface area contributed by atoms with Crippen molar-refractivity contribution in [2.24, 2.45) is 7.05 Å². The van der Waals surface area contributed by atoms with E-state index in [9.17, 15) is 0 Å². The first-order valence-electron chi connectivity index (χ1n) is 2.81. The van der Waals surface area contributed by atoms with E-state index in [1.807, 2.05) is 24.1 Å². The summed E-state index contributed by atoms with van der Waals surface area (Å²) in [7, 11) is 1.94. The summed E-state index contributed by atoms with van der Waals surface area (Å²) in [4.78, 5) is 4.09. The molecule has 0 fully saturated rings. The highest BCUT2D eigenvalue weighted by Gasteiger charge is 2.02. The molecule has 54 valence electrons. The van der Waals surface area contributed by atoms with Gasteiger partial charge in [0.1, 0.15) is 4.20 Å². The summed E-state index contributed by atoms with van der Waals surface area (Å²) < 4.78 is 2.76. The van der Waals surface area contributed by atoms with Crippen LogP contribution >= 0.6 is 24.0 Å². The van der Waals surface area contributed by atoms with Crippen molar-refractivity contribution in [3.63, 3.8) is 0 Å². The Hall–Kier alpha value is -0.350. The molecule has 0 saturated carbocycles. The highest BCUT2D eigenvalue weighted by molar-refractivity contribution is 8.23. The Kier molecular flexibility index (Phi) is 2.45. The third-order valence-electron chi connectivity index (χ3n) is 1.19. The molecule has 0 atom stereocenters. The van der Waals surface area contributed by atoms with Gasteiger partial charge in [0.2, 0.25) is 0 Å². The number of aromatic nitrogens is 2. The van der Waals surface area contributed by atoms with E-state index in [1.54, 1.807) is 18.0 Å². The Morgan fingerprint density at radius 1 is 1.80 bits per heavy atom. The zero-order valence-electron chi connectivity index (χ0n) is 5.87. The lowest BCUT2D eigenvalue weighted by atomic mass is 10.7. The zero-order chi connectivity index (χ0) is 7.56. The molecule has 0 spiro atoms. The minimum absolute atomic E-state index is 0.840. The summed E-state index contributed by atoms with van der Waals surface area (Å²) in [6.45, 7) is 0. The van der Waals surface area contributed by atoms with Crippen LogP contribution in [0.3, 0.4) is 0 Å². The standard InChI is InChI=1S/C6H8N2S2/c1-8-4-3-7-5(8)6(9)10-2/h3-4H,1-2H3. The number of hydrogen-bond donors (Lipinski definition) is 0. The zero-order valence-corrected chi connectivity index (χ0v) is 7.50. The van der Waals surface area contributed by atoms with Gasteiger partial charge in [-0.3, -0.25) is 0 Å². The molecular weight excluding hydrogens is 164 g/mol. The van der Waals surface area contributed by atoms with Crippen molar-refractivity contribution < 1.29 is 0 Å². The maximum Gasteiger partial charge on any atom is 0.157 e. The quantitative estimate of drug-likeness (QED) is 0.597. The Morgan fingerprint density at radius 2 is 2.50 bits per heavy atom. The van der Waals surface area contributed by atoms with Crippen molar-refractivity contribution in [1.29, 1.82) is 0 Å². The van der Waals surface area contributed by atoms with Crippen molar-refractivity contribution in [3.8, 4) is 0 Å². The van der Waals surface area contributed by atoms with Gasteiger partial charge in [0, 0.05) is 19.4 Å². The number of thioether (sulfide) groups is 1. The van der Waals surface area contributed by atoms with Crippen molar-refractivity contribution in [2.45, 2.75) is 0 Å². The molecular formula is C6H8N2S2. The Morgan fingerprint density at radius 3 is 2.90 bits per heavy atom. The van der Waals surface area contributed by atoms with Crippen molar-refractivity contribution in [2.75, 3.05) is 6.26 Å². The van der Waals surface area contributed by atoms with Crippen LogP contribution in [0.25, 0.3) is 0 Å². The van der Waals surface area contributed by atoms with Crippen LogP contribution in [-0.4, -0.2) is 20.0 Å². The molecule has 0 radical (unpaired) electrons. The van der Waals surface area contributed by atoms with E-state index in [1.165, 1.54) is 0 Å². The largest absolute Gasteiger partial charge is 0.333 e. The van der Waals surface area contributed by atoms with Gasteiger partial charge in [-0.2, -0.15) is 0 Å². The fourth-order valence-electron chi connectivity index (χ4n) is 0.654. The van der Waals surface area contributed by atoms with E-state index in [4.69, 9.17) is 12.2 Å². The third kappa shape index (κ3) is 1.38. The predicted molar refractivity (Wildman–Crippen MR) is 48.4 cm³/mol. The van der Waals surface area contributed by atoms with E-state index in [2.05, 4.69) is 4.98 Å². The van der Waals surface area contributed by atoms with Crippen LogP contribution in [0.4, 0.5) is 0 Å². The number of nitrogens with zero attached hydrogens (tertiary/aromatic N) is 2. The highest BCUT2D eigenvalue weighted by atomic mass is 32.2. The van der Waals surface area contributed by atoms with E-state index in [0.717, 1.165) is 10.0 Å². The van der Waals surface area contributed by atoms with Gasteiger partial charge in [-0.05, 0) is 6.26 Å². The van der Waals surface area contributed by atoms with Gasteiger partial charge in [0.25, 0.3) is 0 Å². The van der Waals surface area contributed by atoms with Gasteiger partial charge >= 0.3 is 0 Å². The van der Waals surface area contributed by atoms with E-state index in [-0.39, 0.29) is 0 Å². The lowest BCUT2D eigenvalue weighted by Gasteiger charge is -1.97. The molecule has 10 heavy (non-hydrogen) atoms. The summed E-state index contributed by atoms with van der Waals surface area (Å²) in [5.41, 5.74) is 0. The number of imidazole rings is 1. The number of hydrogen-bond acceptors (Lipinski definition) is 3. The SMILES string of the molecule is CSC(=S)c1nccn1C. The third-order valence-corrected chi connectivity index (χ3v) is 2.43. The number of aryl methyl sites for hydroxylation is 1. The molecule has 1 heterocycles. The van der Waals surface area contributed by atoms with Crippen LogP contribution in [0.1, 0.15) is 5.82 Å². The summed E-state index contributed by atoms with van der Waals surface area (Å²) in [6, 6.07) is 0. The Labute approximate surface area is 69.6 Å². The van der Waals surface area contributed by atoms with E-state index in [0.29, 0.717) is 0 Å². The lowest BCUT2D eigenvalue weighted by molar-refractivity contribution is 0.903. The van der Waals surface area contributed by atoms with Crippen molar-refractivity contribution in [3.05, 3.63) is 18.2 Å². The van der Waals surface area contributed by atoms with Gasteiger partial charge in [-0.25, -0.2) is 4.98 Å². The first-order valence-corrected chi connectivity index (χ1v) is 4.44. The molecule has 0 bridgehead atoms. The van der Waals surface area contributed by atoms with E-state index >= 15 is 0 Å². The molecule has 0 aliphatic carbocycles. The number of rotatable bonds is 1. The molecule has 1 aromatic heterocycles. The van der Waals surface area contributed by atoms with Crippen LogP contribution in [0.5, 0.6) is 0 Å². The normalized spacial score (nSPS) is 9.80. The van der Waals surface area contributed by atoms with Crippen LogP contribution < -0.4 is 0 Å². The molecule has 1 aromatic rings. The summed E-state index contributed by atoms with van der Waals surface area (Å²) >= 11 is 6.59. The van der Waals surface area contributed by atoms with Crippen LogP contribution in [0.15, 0.2) is 12.4 Å². The monoisotopic (exact) mass is 172 g/mol. The second-order valence-corrected chi connectivity index (χ2v) is 3.34. The van der Waals surface area contributed by atoms with Crippen LogP contribution in [0.2, 0.25) is 0 Å². The molecule has 0 N–H and O–H groups in total. The van der Waals surface area contributed by atoms with Gasteiger partial charge < -0.3 is 4.57 Å². The summed E-state index contributed by atoms with van der Waals surface area (Å²) in [5.74, 6) is 0.877. The van der Waals surface area contributed by atoms with Crippen LogP contribution in [-0.2, 0) is 7.05 Å². The minimum atomic E-state index is 0.840. The molecule has 0 saturated heterocycles. The second-order valence-electron chi connectivity index (χ2n) is 1.85. The van der Waals surface area contributed by atoms with Gasteiger partial charge in [0.15, 0.2) is 5.82 Å². The molecule has 0 amide bonds. The van der Waals surface area contributed by atoms with Crippen molar-refractivity contribution >= 4 is 28.2 Å². The van der Waals surface area contributed by atoms with Crippen LogP contribution in [0, 0.1) is 0 Å². The van der Waals surface area contributed by atoms with Crippen molar-refractivity contribution in [1.82, 2.24) is 9.55 Å². The van der Waals surface area contributed by atoms with Gasteiger partial charge in [0.05, 0.1) is 0 Å². The topological polar surface area (TPSA) is 17.8 Å².